The van der Waals surface area contributed by atoms with Gasteiger partial charge in [0.1, 0.15) is 0 Å². The van der Waals surface area contributed by atoms with Gasteiger partial charge in [0.05, 0.1) is 5.02 Å². The molecule has 0 aliphatic carbocycles. The zero-order valence-electron chi connectivity index (χ0n) is 9.78. The number of pyridine rings is 1. The maximum atomic E-state index is 6.01. The van der Waals surface area contributed by atoms with E-state index in [1.807, 2.05) is 42.6 Å². The van der Waals surface area contributed by atoms with Crippen molar-refractivity contribution in [3.63, 3.8) is 0 Å². The van der Waals surface area contributed by atoms with Crippen LogP contribution >= 0.6 is 43.5 Å². The summed E-state index contributed by atoms with van der Waals surface area (Å²) >= 11 is 13.2. The first-order chi connectivity index (χ1) is 8.59. The van der Waals surface area contributed by atoms with Crippen molar-refractivity contribution in [1.29, 1.82) is 0 Å². The molecule has 0 amide bonds. The summed E-state index contributed by atoms with van der Waals surface area (Å²) in [5, 5.41) is 0.726. The van der Waals surface area contributed by atoms with Crippen LogP contribution in [0.5, 0.6) is 0 Å². The molecule has 0 saturated carbocycles. The van der Waals surface area contributed by atoms with Crippen LogP contribution in [0.4, 0.5) is 0 Å². The van der Waals surface area contributed by atoms with Crippen LogP contribution in [0, 0.1) is 0 Å². The smallest absolute Gasteiger partial charge is 0.0548 e. The van der Waals surface area contributed by atoms with E-state index in [0.717, 1.165) is 15.2 Å². The Morgan fingerprint density at radius 2 is 2.00 bits per heavy atom. The molecule has 0 bridgehead atoms. The summed E-state index contributed by atoms with van der Waals surface area (Å²) in [7, 11) is 0. The molecule has 1 aromatic carbocycles. The molecular formula is C14H12Br2ClN. The van der Waals surface area contributed by atoms with Crippen molar-refractivity contribution in [2.45, 2.75) is 17.7 Å². The molecule has 1 heterocycles. The van der Waals surface area contributed by atoms with Gasteiger partial charge in [-0.2, -0.15) is 0 Å². The maximum absolute atomic E-state index is 6.01. The van der Waals surface area contributed by atoms with Crippen molar-refractivity contribution >= 4 is 43.5 Å². The van der Waals surface area contributed by atoms with Crippen molar-refractivity contribution < 1.29 is 0 Å². The lowest BCUT2D eigenvalue weighted by Gasteiger charge is -2.18. The predicted octanol–water partition coefficient (Wildman–Crippen LogP) is 5.74. The minimum atomic E-state index is 0.209. The minimum Gasteiger partial charge on any atom is -0.261 e. The Hall–Kier alpha value is -0.380. The summed E-state index contributed by atoms with van der Waals surface area (Å²) in [6, 6.07) is 12.0. The molecule has 18 heavy (non-hydrogen) atoms. The van der Waals surface area contributed by atoms with Gasteiger partial charge < -0.3 is 0 Å². The minimum absolute atomic E-state index is 0.209. The van der Waals surface area contributed by atoms with Crippen LogP contribution in [-0.2, 0) is 0 Å². The van der Waals surface area contributed by atoms with Gasteiger partial charge in [-0.15, -0.1) is 0 Å². The molecule has 0 radical (unpaired) electrons. The lowest BCUT2D eigenvalue weighted by atomic mass is 9.97. The highest BCUT2D eigenvalue weighted by Gasteiger charge is 2.19. The fraction of sp³-hybridized carbons (Fsp3) is 0.214. The van der Waals surface area contributed by atoms with Gasteiger partial charge in [0, 0.05) is 27.1 Å². The number of rotatable bonds is 3. The number of halogens is 3. The number of alkyl halides is 1. The number of hydrogen-bond donors (Lipinski definition) is 0. The zero-order valence-corrected chi connectivity index (χ0v) is 13.7. The third kappa shape index (κ3) is 3.14. The van der Waals surface area contributed by atoms with Crippen LogP contribution in [0.2, 0.25) is 5.02 Å². The van der Waals surface area contributed by atoms with E-state index in [9.17, 15) is 0 Å². The van der Waals surface area contributed by atoms with E-state index in [0.29, 0.717) is 5.92 Å². The first-order valence-corrected chi connectivity index (χ1v) is 7.68. The number of aromatic nitrogens is 1. The van der Waals surface area contributed by atoms with Crippen molar-refractivity contribution in [1.82, 2.24) is 4.98 Å². The molecule has 0 spiro atoms. The van der Waals surface area contributed by atoms with E-state index in [1.165, 1.54) is 5.56 Å². The highest BCUT2D eigenvalue weighted by atomic mass is 79.9. The summed E-state index contributed by atoms with van der Waals surface area (Å²) in [5.74, 6) is 0.291. The van der Waals surface area contributed by atoms with Gasteiger partial charge >= 0.3 is 0 Å². The summed E-state index contributed by atoms with van der Waals surface area (Å²) in [5.41, 5.74) is 2.26. The van der Waals surface area contributed by atoms with Crippen LogP contribution < -0.4 is 0 Å². The van der Waals surface area contributed by atoms with E-state index in [4.69, 9.17) is 11.6 Å². The van der Waals surface area contributed by atoms with E-state index >= 15 is 0 Å². The number of benzene rings is 1. The first-order valence-electron chi connectivity index (χ1n) is 5.59. The second kappa shape index (κ2) is 6.18. The average molecular weight is 390 g/mol. The van der Waals surface area contributed by atoms with E-state index < -0.39 is 0 Å². The summed E-state index contributed by atoms with van der Waals surface area (Å²) in [4.78, 5) is 4.61. The standard InChI is InChI=1S/C14H12Br2ClN/c1-9(13-4-2-3-7-18-13)14(16)10-5-6-12(17)11(15)8-10/h2-9,14H,1H3. The Balaban J connectivity index is 2.25. The molecule has 1 nitrogen and oxygen atoms in total. The highest BCUT2D eigenvalue weighted by Crippen LogP contribution is 2.38. The maximum Gasteiger partial charge on any atom is 0.0548 e. The van der Waals surface area contributed by atoms with Gasteiger partial charge in [-0.05, 0) is 45.8 Å². The normalized spacial score (nSPS) is 14.2. The van der Waals surface area contributed by atoms with Gasteiger partial charge in [-0.3, -0.25) is 4.98 Å². The largest absolute Gasteiger partial charge is 0.261 e. The van der Waals surface area contributed by atoms with Gasteiger partial charge in [-0.1, -0.05) is 46.6 Å². The molecule has 2 unspecified atom stereocenters. The molecule has 0 aliphatic rings. The average Bonchev–Trinajstić information content (AvgIpc) is 2.41. The molecule has 0 fully saturated rings. The Labute approximate surface area is 129 Å². The van der Waals surface area contributed by atoms with Crippen molar-refractivity contribution in [2.75, 3.05) is 0 Å². The molecule has 0 aliphatic heterocycles. The molecular weight excluding hydrogens is 377 g/mol. The van der Waals surface area contributed by atoms with Crippen molar-refractivity contribution in [3.8, 4) is 0 Å². The van der Waals surface area contributed by atoms with Gasteiger partial charge in [0.25, 0.3) is 0 Å². The third-order valence-corrected chi connectivity index (χ3v) is 5.39. The molecule has 0 N–H and O–H groups in total. The Morgan fingerprint density at radius 3 is 2.61 bits per heavy atom. The summed E-state index contributed by atoms with van der Waals surface area (Å²) < 4.78 is 0.916. The van der Waals surface area contributed by atoms with Crippen LogP contribution in [-0.4, -0.2) is 4.98 Å². The fourth-order valence-corrected chi connectivity index (χ4v) is 2.84. The number of hydrogen-bond acceptors (Lipinski definition) is 1. The molecule has 2 aromatic rings. The monoisotopic (exact) mass is 387 g/mol. The lowest BCUT2D eigenvalue weighted by molar-refractivity contribution is 0.724. The topological polar surface area (TPSA) is 12.9 Å². The summed E-state index contributed by atoms with van der Waals surface area (Å²) in [6.45, 7) is 2.16. The van der Waals surface area contributed by atoms with Gasteiger partial charge in [-0.25, -0.2) is 0 Å². The molecule has 2 atom stereocenters. The Bertz CT molecular complexity index is 531. The highest BCUT2D eigenvalue weighted by molar-refractivity contribution is 9.10. The zero-order chi connectivity index (χ0) is 13.1. The molecule has 4 heteroatoms. The SMILES string of the molecule is CC(c1ccccn1)C(Br)c1ccc(Cl)c(Br)c1. The quantitative estimate of drug-likeness (QED) is 0.610. The third-order valence-electron chi connectivity index (χ3n) is 2.86. The fourth-order valence-electron chi connectivity index (χ4n) is 1.77. The number of nitrogens with zero attached hydrogens (tertiary/aromatic N) is 1. The van der Waals surface area contributed by atoms with Crippen molar-refractivity contribution in [2.24, 2.45) is 0 Å². The van der Waals surface area contributed by atoms with E-state index in [-0.39, 0.29) is 4.83 Å². The second-order valence-corrected chi connectivity index (χ2v) is 6.37. The molecule has 94 valence electrons. The molecule has 0 saturated heterocycles. The van der Waals surface area contributed by atoms with Crippen molar-refractivity contribution in [3.05, 3.63) is 63.3 Å². The molecule has 1 aromatic heterocycles. The Morgan fingerprint density at radius 1 is 1.22 bits per heavy atom. The first kappa shape index (κ1) is 14.0. The van der Waals surface area contributed by atoms with E-state index in [2.05, 4.69) is 43.8 Å². The summed E-state index contributed by atoms with van der Waals surface area (Å²) in [6.07, 6.45) is 1.82. The van der Waals surface area contributed by atoms with Crippen LogP contribution in [0.3, 0.4) is 0 Å². The van der Waals surface area contributed by atoms with E-state index in [1.54, 1.807) is 0 Å². The Kier molecular flexibility index (Phi) is 4.82. The van der Waals surface area contributed by atoms with Gasteiger partial charge in [0.15, 0.2) is 0 Å². The van der Waals surface area contributed by atoms with Crippen LogP contribution in [0.15, 0.2) is 47.1 Å². The second-order valence-electron chi connectivity index (χ2n) is 4.12. The predicted molar refractivity (Wildman–Crippen MR) is 83.5 cm³/mol. The van der Waals surface area contributed by atoms with Gasteiger partial charge in [0.2, 0.25) is 0 Å². The molecule has 2 rings (SSSR count). The lowest BCUT2D eigenvalue weighted by Crippen LogP contribution is -2.04. The van der Waals surface area contributed by atoms with Crippen LogP contribution in [0.1, 0.15) is 28.9 Å². The van der Waals surface area contributed by atoms with Crippen LogP contribution in [0.25, 0.3) is 0 Å².